The van der Waals surface area contributed by atoms with Crippen LogP contribution in [0, 0.1) is 0 Å². The molecule has 1 aliphatic heterocycles. The third kappa shape index (κ3) is 5.07. The van der Waals surface area contributed by atoms with Crippen molar-refractivity contribution < 1.29 is 23.9 Å². The first-order valence-electron chi connectivity index (χ1n) is 9.31. The molecule has 6 nitrogen and oxygen atoms in total. The molecule has 1 fully saturated rings. The Kier molecular flexibility index (Phi) is 7.63. The average Bonchev–Trinajstić information content (AvgIpc) is 2.80. The molecular formula is C20H27NO5. The van der Waals surface area contributed by atoms with Crippen LogP contribution in [0.1, 0.15) is 52.4 Å². The molecule has 2 aliphatic rings. The summed E-state index contributed by atoms with van der Waals surface area (Å²) in [4.78, 5) is 38.1. The van der Waals surface area contributed by atoms with Gasteiger partial charge in [-0.1, -0.05) is 50.1 Å². The normalized spacial score (nSPS) is 20.6. The van der Waals surface area contributed by atoms with E-state index >= 15 is 0 Å². The van der Waals surface area contributed by atoms with E-state index < -0.39 is 30.1 Å². The molecule has 2 unspecified atom stereocenters. The molecule has 1 heterocycles. The average molecular weight is 361 g/mol. The molecule has 6 heteroatoms. The maximum Gasteiger partial charge on any atom is 0.419 e. The summed E-state index contributed by atoms with van der Waals surface area (Å²) in [6, 6.07) is -1.53. The first-order chi connectivity index (χ1) is 12.6. The molecule has 0 aromatic rings. The van der Waals surface area contributed by atoms with Gasteiger partial charge in [-0.2, -0.15) is 0 Å². The van der Waals surface area contributed by atoms with Gasteiger partial charge in [0.15, 0.2) is 0 Å². The van der Waals surface area contributed by atoms with Gasteiger partial charge in [-0.3, -0.25) is 4.90 Å². The van der Waals surface area contributed by atoms with Crippen LogP contribution in [-0.4, -0.2) is 41.6 Å². The number of nitrogens with zero attached hydrogens (tertiary/aromatic N) is 1. The molecule has 0 saturated carbocycles. The maximum absolute atomic E-state index is 12.5. The van der Waals surface area contributed by atoms with Crippen molar-refractivity contribution in [3.63, 3.8) is 0 Å². The SMILES string of the molecule is CCCCC1C(=O)OC(=O)N1C(CCC1=CC=CCC=C1)C(=O)OCC. The van der Waals surface area contributed by atoms with Crippen LogP contribution in [0.15, 0.2) is 36.0 Å². The van der Waals surface area contributed by atoms with Gasteiger partial charge in [-0.25, -0.2) is 14.4 Å². The van der Waals surface area contributed by atoms with E-state index in [9.17, 15) is 14.4 Å². The smallest absolute Gasteiger partial charge is 0.419 e. The molecule has 2 atom stereocenters. The molecule has 0 spiro atoms. The number of carbonyl (C=O) groups is 3. The number of esters is 2. The van der Waals surface area contributed by atoms with Crippen molar-refractivity contribution >= 4 is 18.0 Å². The number of allylic oxidation sites excluding steroid dienone is 6. The Morgan fingerprint density at radius 2 is 2.15 bits per heavy atom. The number of cyclic esters (lactones) is 2. The summed E-state index contributed by atoms with van der Waals surface area (Å²) in [7, 11) is 0. The number of rotatable bonds is 9. The lowest BCUT2D eigenvalue weighted by Crippen LogP contribution is -2.48. The Balaban J connectivity index is 2.17. The Morgan fingerprint density at radius 3 is 2.88 bits per heavy atom. The zero-order valence-electron chi connectivity index (χ0n) is 15.5. The number of unbranched alkanes of at least 4 members (excludes halogenated alkanes) is 1. The first-order valence-corrected chi connectivity index (χ1v) is 9.31. The van der Waals surface area contributed by atoms with Crippen LogP contribution in [0.5, 0.6) is 0 Å². The van der Waals surface area contributed by atoms with Crippen molar-refractivity contribution in [1.29, 1.82) is 0 Å². The summed E-state index contributed by atoms with van der Waals surface area (Å²) < 4.78 is 9.97. The molecular weight excluding hydrogens is 334 g/mol. The number of hydrogen-bond donors (Lipinski definition) is 0. The Bertz CT molecular complexity index is 620. The molecule has 142 valence electrons. The second kappa shape index (κ2) is 9.94. The molecule has 0 bridgehead atoms. The lowest BCUT2D eigenvalue weighted by molar-refractivity contribution is -0.149. The van der Waals surface area contributed by atoms with E-state index in [0.29, 0.717) is 19.3 Å². The second-order valence-electron chi connectivity index (χ2n) is 6.37. The molecule has 0 radical (unpaired) electrons. The Labute approximate surface area is 154 Å². The minimum atomic E-state index is -0.822. The van der Waals surface area contributed by atoms with Gasteiger partial charge in [0.05, 0.1) is 6.61 Å². The maximum atomic E-state index is 12.5. The van der Waals surface area contributed by atoms with Crippen molar-refractivity contribution in [1.82, 2.24) is 4.90 Å². The van der Waals surface area contributed by atoms with Gasteiger partial charge in [0, 0.05) is 0 Å². The van der Waals surface area contributed by atoms with E-state index in [1.165, 1.54) is 4.90 Å². The molecule has 1 aliphatic carbocycles. The van der Waals surface area contributed by atoms with Crippen LogP contribution < -0.4 is 0 Å². The fourth-order valence-corrected chi connectivity index (χ4v) is 3.15. The fourth-order valence-electron chi connectivity index (χ4n) is 3.15. The third-order valence-corrected chi connectivity index (χ3v) is 4.49. The molecule has 1 saturated heterocycles. The van der Waals surface area contributed by atoms with Crippen molar-refractivity contribution in [3.8, 4) is 0 Å². The summed E-state index contributed by atoms with van der Waals surface area (Å²) in [6.45, 7) is 3.95. The van der Waals surface area contributed by atoms with Gasteiger partial charge >= 0.3 is 18.0 Å². The predicted molar refractivity (Wildman–Crippen MR) is 97.3 cm³/mol. The highest BCUT2D eigenvalue weighted by molar-refractivity contribution is 5.97. The van der Waals surface area contributed by atoms with Crippen molar-refractivity contribution in [2.45, 2.75) is 64.5 Å². The molecule has 2 rings (SSSR count). The number of carbonyl (C=O) groups excluding carboxylic acids is 3. The molecule has 0 aromatic heterocycles. The second-order valence-corrected chi connectivity index (χ2v) is 6.37. The standard InChI is InChI=1S/C20H27NO5/c1-3-5-12-16-19(23)26-20(24)21(16)17(18(22)25-4-2)14-13-15-10-8-6-7-9-11-15/h6,8-11,16-17H,3-5,7,12-14H2,1-2H3. The summed E-state index contributed by atoms with van der Waals surface area (Å²) in [5.41, 5.74) is 1.07. The van der Waals surface area contributed by atoms with E-state index in [0.717, 1.165) is 24.8 Å². The number of ether oxygens (including phenoxy) is 2. The van der Waals surface area contributed by atoms with E-state index in [1.54, 1.807) is 6.92 Å². The summed E-state index contributed by atoms with van der Waals surface area (Å²) in [6.07, 6.45) is 13.3. The van der Waals surface area contributed by atoms with Gasteiger partial charge in [-0.15, -0.1) is 0 Å². The zero-order valence-corrected chi connectivity index (χ0v) is 15.5. The van der Waals surface area contributed by atoms with Crippen LogP contribution in [0.25, 0.3) is 0 Å². The van der Waals surface area contributed by atoms with E-state index in [2.05, 4.69) is 0 Å². The minimum Gasteiger partial charge on any atom is -0.464 e. The zero-order chi connectivity index (χ0) is 18.9. The summed E-state index contributed by atoms with van der Waals surface area (Å²) in [5, 5.41) is 0. The Hall–Kier alpha value is -2.37. The minimum absolute atomic E-state index is 0.219. The van der Waals surface area contributed by atoms with Gasteiger partial charge in [-0.05, 0) is 38.2 Å². The lowest BCUT2D eigenvalue weighted by Gasteiger charge is -2.28. The van der Waals surface area contributed by atoms with Gasteiger partial charge in [0.25, 0.3) is 0 Å². The van der Waals surface area contributed by atoms with Crippen LogP contribution in [0.3, 0.4) is 0 Å². The van der Waals surface area contributed by atoms with Crippen molar-refractivity contribution in [3.05, 3.63) is 36.0 Å². The van der Waals surface area contributed by atoms with Crippen molar-refractivity contribution in [2.75, 3.05) is 6.61 Å². The van der Waals surface area contributed by atoms with Crippen LogP contribution in [-0.2, 0) is 19.1 Å². The molecule has 0 aromatic carbocycles. The molecule has 1 amide bonds. The fraction of sp³-hybridized carbons (Fsp3) is 0.550. The largest absolute Gasteiger partial charge is 0.464 e. The van der Waals surface area contributed by atoms with Crippen LogP contribution >= 0.6 is 0 Å². The third-order valence-electron chi connectivity index (χ3n) is 4.49. The monoisotopic (exact) mass is 361 g/mol. The highest BCUT2D eigenvalue weighted by Gasteiger charge is 2.47. The topological polar surface area (TPSA) is 72.9 Å². The molecule has 0 N–H and O–H groups in total. The van der Waals surface area contributed by atoms with Gasteiger partial charge in [0.1, 0.15) is 12.1 Å². The van der Waals surface area contributed by atoms with Gasteiger partial charge in [0.2, 0.25) is 0 Å². The lowest BCUT2D eigenvalue weighted by atomic mass is 10.0. The quantitative estimate of drug-likeness (QED) is 0.463. The van der Waals surface area contributed by atoms with Crippen LogP contribution in [0.4, 0.5) is 4.79 Å². The number of amides is 1. The van der Waals surface area contributed by atoms with E-state index in [4.69, 9.17) is 9.47 Å². The van der Waals surface area contributed by atoms with Gasteiger partial charge < -0.3 is 9.47 Å². The highest BCUT2D eigenvalue weighted by atomic mass is 16.6. The summed E-state index contributed by atoms with van der Waals surface area (Å²) in [5.74, 6) is -1.07. The first kappa shape index (κ1) is 19.9. The Morgan fingerprint density at radius 1 is 1.35 bits per heavy atom. The van der Waals surface area contributed by atoms with E-state index in [-0.39, 0.29) is 6.61 Å². The van der Waals surface area contributed by atoms with E-state index in [1.807, 2.05) is 37.3 Å². The highest BCUT2D eigenvalue weighted by Crippen LogP contribution is 2.26. The van der Waals surface area contributed by atoms with Crippen LogP contribution in [0.2, 0.25) is 0 Å². The summed E-state index contributed by atoms with van der Waals surface area (Å²) >= 11 is 0. The molecule has 26 heavy (non-hydrogen) atoms. The van der Waals surface area contributed by atoms with Crippen molar-refractivity contribution in [2.24, 2.45) is 0 Å². The number of hydrogen-bond acceptors (Lipinski definition) is 5. The predicted octanol–water partition coefficient (Wildman–Crippen LogP) is 3.68.